The molecule has 0 saturated carbocycles. The highest BCUT2D eigenvalue weighted by Gasteiger charge is 2.58. The van der Waals surface area contributed by atoms with Gasteiger partial charge >= 0.3 is 0 Å². The second-order valence-corrected chi connectivity index (χ2v) is 12.1. The van der Waals surface area contributed by atoms with Crippen molar-refractivity contribution in [3.8, 4) is 0 Å². The van der Waals surface area contributed by atoms with E-state index < -0.39 is 52.9 Å². The summed E-state index contributed by atoms with van der Waals surface area (Å²) < 4.78 is 61.8. The minimum absolute atomic E-state index is 0.0982. The molecule has 1 aromatic carbocycles. The van der Waals surface area contributed by atoms with Gasteiger partial charge in [0.2, 0.25) is 0 Å². The highest BCUT2D eigenvalue weighted by Crippen LogP contribution is 2.41. The summed E-state index contributed by atoms with van der Waals surface area (Å²) in [7, 11) is -3.98. The number of aryl methyl sites for hydroxylation is 1. The first-order chi connectivity index (χ1) is 17.6. The van der Waals surface area contributed by atoms with Gasteiger partial charge < -0.3 is 23.7 Å². The Kier molecular flexibility index (Phi) is 11.4. The van der Waals surface area contributed by atoms with Crippen LogP contribution in [0.1, 0.15) is 91.5 Å². The second kappa shape index (κ2) is 13.8. The standard InChI is InChI=1S/C28H46O8S/c1-7-9-10-11-12-13-14-19-31-23(8-2)32-27-26-25(34-28(5,6)35-26)24(33-27)21(4)36-37(29,30)22-17-15-20(3)16-18-22/h15-18,21,23-27H,7-14,19H2,1-6H3/t21-,23?,24-,25+,26+,27+/m1/s1. The summed E-state index contributed by atoms with van der Waals surface area (Å²) in [6, 6.07) is 6.55. The minimum Gasteiger partial charge on any atom is -0.353 e. The van der Waals surface area contributed by atoms with Gasteiger partial charge in [-0.3, -0.25) is 4.18 Å². The van der Waals surface area contributed by atoms with Crippen molar-refractivity contribution in [1.82, 2.24) is 0 Å². The average molecular weight is 543 g/mol. The smallest absolute Gasteiger partial charge is 0.297 e. The molecule has 0 amide bonds. The molecule has 8 nitrogen and oxygen atoms in total. The van der Waals surface area contributed by atoms with Crippen molar-refractivity contribution in [3.63, 3.8) is 0 Å². The number of hydrogen-bond acceptors (Lipinski definition) is 8. The first-order valence-electron chi connectivity index (χ1n) is 13.8. The fourth-order valence-corrected chi connectivity index (χ4v) is 5.86. The van der Waals surface area contributed by atoms with Gasteiger partial charge in [0.1, 0.15) is 24.4 Å². The van der Waals surface area contributed by atoms with Gasteiger partial charge in [-0.2, -0.15) is 8.42 Å². The Hall–Kier alpha value is -1.07. The van der Waals surface area contributed by atoms with Gasteiger partial charge in [0, 0.05) is 6.61 Å². The molecule has 1 unspecified atom stereocenters. The zero-order valence-corrected chi connectivity index (χ0v) is 24.1. The molecule has 37 heavy (non-hydrogen) atoms. The number of hydrogen-bond donors (Lipinski definition) is 0. The third-order valence-electron chi connectivity index (χ3n) is 6.77. The van der Waals surface area contributed by atoms with E-state index in [1.165, 1.54) is 44.2 Å². The fraction of sp³-hybridized carbons (Fsp3) is 0.786. The zero-order valence-electron chi connectivity index (χ0n) is 23.3. The Morgan fingerprint density at radius 1 is 0.946 bits per heavy atom. The molecule has 2 aliphatic rings. The fourth-order valence-electron chi connectivity index (χ4n) is 4.77. The first kappa shape index (κ1) is 30.5. The van der Waals surface area contributed by atoms with Crippen LogP contribution in [0.3, 0.4) is 0 Å². The molecule has 2 saturated heterocycles. The van der Waals surface area contributed by atoms with E-state index in [9.17, 15) is 8.42 Å². The molecule has 3 rings (SSSR count). The molecule has 1 aromatic rings. The number of ether oxygens (including phenoxy) is 5. The summed E-state index contributed by atoms with van der Waals surface area (Å²) in [6.45, 7) is 12.0. The normalized spacial score (nSPS) is 26.8. The number of benzene rings is 1. The lowest BCUT2D eigenvalue weighted by molar-refractivity contribution is -0.286. The molecule has 6 atom stereocenters. The Balaban J connectivity index is 1.57. The SMILES string of the molecule is CCCCCCCCCOC(CC)O[C@H]1O[C@H]([C@@H](C)OS(=O)(=O)c2ccc(C)cc2)[C@@H]2OC(C)(C)O[C@H]12. The molecule has 2 heterocycles. The predicted molar refractivity (Wildman–Crippen MR) is 141 cm³/mol. The van der Waals surface area contributed by atoms with Crippen LogP contribution in [0.25, 0.3) is 0 Å². The Morgan fingerprint density at radius 2 is 1.57 bits per heavy atom. The summed E-state index contributed by atoms with van der Waals surface area (Å²) in [5.41, 5.74) is 0.965. The van der Waals surface area contributed by atoms with E-state index in [-0.39, 0.29) is 4.90 Å². The highest BCUT2D eigenvalue weighted by atomic mass is 32.2. The topological polar surface area (TPSA) is 89.5 Å². The summed E-state index contributed by atoms with van der Waals surface area (Å²) in [5.74, 6) is -0.852. The molecule has 0 N–H and O–H groups in total. The number of unbranched alkanes of at least 4 members (excludes halogenated alkanes) is 6. The molecule has 0 aliphatic carbocycles. The molecular formula is C28H46O8S. The van der Waals surface area contributed by atoms with Crippen LogP contribution < -0.4 is 0 Å². The van der Waals surface area contributed by atoms with Crippen LogP contribution in [0.5, 0.6) is 0 Å². The van der Waals surface area contributed by atoms with E-state index in [2.05, 4.69) is 6.92 Å². The maximum atomic E-state index is 12.9. The molecule has 2 fully saturated rings. The molecule has 0 bridgehead atoms. The van der Waals surface area contributed by atoms with E-state index in [1.54, 1.807) is 19.1 Å². The highest BCUT2D eigenvalue weighted by molar-refractivity contribution is 7.86. The predicted octanol–water partition coefficient (Wildman–Crippen LogP) is 5.85. The van der Waals surface area contributed by atoms with Crippen molar-refractivity contribution in [2.24, 2.45) is 0 Å². The molecule has 0 radical (unpaired) electrons. The van der Waals surface area contributed by atoms with Crippen LogP contribution >= 0.6 is 0 Å². The second-order valence-electron chi connectivity index (χ2n) is 10.6. The molecule has 0 aromatic heterocycles. The summed E-state index contributed by atoms with van der Waals surface area (Å²) in [5, 5.41) is 0. The van der Waals surface area contributed by atoms with E-state index in [4.69, 9.17) is 27.9 Å². The van der Waals surface area contributed by atoms with Gasteiger partial charge in [-0.05, 0) is 52.7 Å². The van der Waals surface area contributed by atoms with Crippen molar-refractivity contribution in [2.75, 3.05) is 6.61 Å². The van der Waals surface area contributed by atoms with Gasteiger partial charge in [-0.25, -0.2) is 0 Å². The van der Waals surface area contributed by atoms with Crippen molar-refractivity contribution < 1.29 is 36.3 Å². The maximum absolute atomic E-state index is 12.9. The van der Waals surface area contributed by atoms with E-state index >= 15 is 0 Å². The lowest BCUT2D eigenvalue weighted by Gasteiger charge is -2.28. The van der Waals surface area contributed by atoms with E-state index in [0.717, 1.165) is 18.4 Å². The minimum atomic E-state index is -3.98. The molecule has 2 aliphatic heterocycles. The Morgan fingerprint density at radius 3 is 2.22 bits per heavy atom. The molecular weight excluding hydrogens is 496 g/mol. The first-order valence-corrected chi connectivity index (χ1v) is 15.2. The summed E-state index contributed by atoms with van der Waals surface area (Å²) >= 11 is 0. The van der Waals surface area contributed by atoms with E-state index in [0.29, 0.717) is 13.0 Å². The van der Waals surface area contributed by atoms with Crippen molar-refractivity contribution in [1.29, 1.82) is 0 Å². The van der Waals surface area contributed by atoms with Gasteiger partial charge in [-0.1, -0.05) is 70.1 Å². The third kappa shape index (κ3) is 8.71. The van der Waals surface area contributed by atoms with Crippen LogP contribution in [-0.4, -0.2) is 57.8 Å². The van der Waals surface area contributed by atoms with Crippen molar-refractivity contribution in [3.05, 3.63) is 29.8 Å². The van der Waals surface area contributed by atoms with Gasteiger partial charge in [0.05, 0.1) is 4.90 Å². The summed E-state index contributed by atoms with van der Waals surface area (Å²) in [6.07, 6.45) is 5.34. The van der Waals surface area contributed by atoms with Gasteiger partial charge in [0.25, 0.3) is 10.1 Å². The Bertz CT molecular complexity index is 917. The van der Waals surface area contributed by atoms with Crippen molar-refractivity contribution in [2.45, 2.75) is 141 Å². The zero-order chi connectivity index (χ0) is 27.1. The number of fused-ring (bicyclic) bond motifs is 1. The van der Waals surface area contributed by atoms with Gasteiger partial charge in [-0.15, -0.1) is 0 Å². The Labute approximate surface area is 223 Å². The van der Waals surface area contributed by atoms with Crippen LogP contribution in [0.4, 0.5) is 0 Å². The van der Waals surface area contributed by atoms with Crippen LogP contribution in [0.2, 0.25) is 0 Å². The van der Waals surface area contributed by atoms with Crippen molar-refractivity contribution >= 4 is 10.1 Å². The maximum Gasteiger partial charge on any atom is 0.297 e. The largest absolute Gasteiger partial charge is 0.353 e. The molecule has 9 heteroatoms. The number of rotatable bonds is 16. The van der Waals surface area contributed by atoms with Crippen LogP contribution in [0, 0.1) is 6.92 Å². The lowest BCUT2D eigenvalue weighted by atomic mass is 10.1. The monoisotopic (exact) mass is 542 g/mol. The average Bonchev–Trinajstić information content (AvgIpc) is 3.33. The quantitative estimate of drug-likeness (QED) is 0.146. The summed E-state index contributed by atoms with van der Waals surface area (Å²) in [4.78, 5) is 0.0982. The third-order valence-corrected chi connectivity index (χ3v) is 8.17. The molecule has 0 spiro atoms. The lowest BCUT2D eigenvalue weighted by Crippen LogP contribution is -2.39. The van der Waals surface area contributed by atoms with E-state index in [1.807, 2.05) is 27.7 Å². The van der Waals surface area contributed by atoms with Crippen LogP contribution in [-0.2, 0) is 38.0 Å². The van der Waals surface area contributed by atoms with Gasteiger partial charge in [0.15, 0.2) is 18.4 Å². The molecule has 212 valence electrons. The van der Waals surface area contributed by atoms with Crippen LogP contribution in [0.15, 0.2) is 29.2 Å².